The topological polar surface area (TPSA) is 36.4 Å². The molecule has 0 amide bonds. The van der Waals surface area contributed by atoms with Crippen LogP contribution >= 0.6 is 0 Å². The van der Waals surface area contributed by atoms with Crippen LogP contribution in [0.2, 0.25) is 0 Å². The van der Waals surface area contributed by atoms with Crippen molar-refractivity contribution in [3.8, 4) is 0 Å². The van der Waals surface area contributed by atoms with Gasteiger partial charge in [-0.2, -0.15) is 0 Å². The molecular weight excluding hydrogens is 330 g/mol. The quantitative estimate of drug-likeness (QED) is 0.675. The van der Waals surface area contributed by atoms with Crippen LogP contribution in [0, 0.1) is 0 Å². The van der Waals surface area contributed by atoms with E-state index >= 15 is 0 Å². The Morgan fingerprint density at radius 1 is 0.926 bits per heavy atom. The lowest BCUT2D eigenvalue weighted by Crippen LogP contribution is -2.22. The summed E-state index contributed by atoms with van der Waals surface area (Å²) in [6, 6.07) is 0. The van der Waals surface area contributed by atoms with E-state index in [1.54, 1.807) is 0 Å². The first kappa shape index (κ1) is 23.3. The Bertz CT molecular complexity index is 616. The molecule has 0 saturated carbocycles. The predicted octanol–water partition coefficient (Wildman–Crippen LogP) is 5.15. The second-order valence-corrected chi connectivity index (χ2v) is 6.72. The normalized spacial score (nSPS) is 20.3. The summed E-state index contributed by atoms with van der Waals surface area (Å²) in [7, 11) is 1.83. The van der Waals surface area contributed by atoms with Crippen molar-refractivity contribution in [1.82, 2.24) is 10.6 Å². The molecule has 3 nitrogen and oxygen atoms in total. The molecule has 150 valence electrons. The van der Waals surface area contributed by atoms with Crippen LogP contribution in [0.1, 0.15) is 53.4 Å². The summed E-state index contributed by atoms with van der Waals surface area (Å²) in [5.41, 5.74) is 6.75. The van der Waals surface area contributed by atoms with E-state index in [9.17, 15) is 0 Å². The van der Waals surface area contributed by atoms with Crippen molar-refractivity contribution in [2.45, 2.75) is 53.4 Å². The molecule has 27 heavy (non-hydrogen) atoms. The third-order valence-electron chi connectivity index (χ3n) is 4.70. The Balaban J connectivity index is 0.000000248. The Labute approximate surface area is 167 Å². The number of nitrogens with one attached hydrogen (secondary N) is 2. The van der Waals surface area contributed by atoms with Crippen molar-refractivity contribution in [2.24, 2.45) is 4.99 Å². The minimum Gasteiger partial charge on any atom is -0.312 e. The fraction of sp³-hybridized carbons (Fsp3) is 0.542. The number of aliphatic imine (C=N–C) groups is 1. The summed E-state index contributed by atoms with van der Waals surface area (Å²) in [6.45, 7) is 12.5. The minimum absolute atomic E-state index is 0.999. The molecule has 3 rings (SSSR count). The van der Waals surface area contributed by atoms with Crippen molar-refractivity contribution in [1.29, 1.82) is 0 Å². The van der Waals surface area contributed by atoms with E-state index in [-0.39, 0.29) is 0 Å². The van der Waals surface area contributed by atoms with Crippen LogP contribution < -0.4 is 10.6 Å². The fourth-order valence-electron chi connectivity index (χ4n) is 3.13. The highest BCUT2D eigenvalue weighted by molar-refractivity contribution is 5.93. The third kappa shape index (κ3) is 9.16. The number of allylic oxidation sites excluding steroid dienone is 4. The van der Waals surface area contributed by atoms with Gasteiger partial charge in [-0.3, -0.25) is 4.99 Å². The van der Waals surface area contributed by atoms with Crippen LogP contribution in [0.4, 0.5) is 0 Å². The summed E-state index contributed by atoms with van der Waals surface area (Å²) in [5, 5.41) is 6.75. The molecule has 0 aromatic heterocycles. The molecule has 0 saturated heterocycles. The maximum atomic E-state index is 4.12. The Morgan fingerprint density at radius 2 is 1.63 bits per heavy atom. The van der Waals surface area contributed by atoms with Crippen molar-refractivity contribution in [3.63, 3.8) is 0 Å². The lowest BCUT2D eigenvalue weighted by atomic mass is 9.97. The number of hydrogen-bond acceptors (Lipinski definition) is 3. The Hall–Kier alpha value is -1.71. The van der Waals surface area contributed by atoms with Gasteiger partial charge in [0.2, 0.25) is 0 Å². The average molecular weight is 370 g/mol. The van der Waals surface area contributed by atoms with E-state index in [4.69, 9.17) is 0 Å². The zero-order valence-corrected chi connectivity index (χ0v) is 18.1. The average Bonchev–Trinajstić information content (AvgIpc) is 2.77. The molecule has 0 radical (unpaired) electrons. The summed E-state index contributed by atoms with van der Waals surface area (Å²) < 4.78 is 0. The molecular formula is C24H39N3. The second-order valence-electron chi connectivity index (χ2n) is 6.72. The van der Waals surface area contributed by atoms with Gasteiger partial charge in [-0.1, -0.05) is 44.2 Å². The van der Waals surface area contributed by atoms with Crippen molar-refractivity contribution in [3.05, 3.63) is 58.7 Å². The van der Waals surface area contributed by atoms with Gasteiger partial charge in [0.1, 0.15) is 0 Å². The van der Waals surface area contributed by atoms with Gasteiger partial charge < -0.3 is 10.6 Å². The lowest BCUT2D eigenvalue weighted by molar-refractivity contribution is 0.706. The first-order chi connectivity index (χ1) is 13.2. The van der Waals surface area contributed by atoms with Gasteiger partial charge in [0, 0.05) is 25.8 Å². The molecule has 2 heterocycles. The van der Waals surface area contributed by atoms with E-state index in [0.29, 0.717) is 0 Å². The molecule has 1 aliphatic carbocycles. The van der Waals surface area contributed by atoms with Crippen LogP contribution in [0.15, 0.2) is 63.7 Å². The van der Waals surface area contributed by atoms with Crippen LogP contribution in [0.5, 0.6) is 0 Å². The van der Waals surface area contributed by atoms with E-state index in [1.165, 1.54) is 41.6 Å². The maximum absolute atomic E-state index is 4.12. The molecule has 2 N–H and O–H groups in total. The van der Waals surface area contributed by atoms with Gasteiger partial charge in [-0.05, 0) is 81.0 Å². The summed E-state index contributed by atoms with van der Waals surface area (Å²) >= 11 is 0. The van der Waals surface area contributed by atoms with Crippen LogP contribution in [-0.2, 0) is 0 Å². The van der Waals surface area contributed by atoms with Crippen LogP contribution in [0.25, 0.3) is 0 Å². The van der Waals surface area contributed by atoms with Crippen molar-refractivity contribution < 1.29 is 0 Å². The molecule has 3 aliphatic rings. The lowest BCUT2D eigenvalue weighted by Gasteiger charge is -2.16. The van der Waals surface area contributed by atoms with Gasteiger partial charge >= 0.3 is 0 Å². The second kappa shape index (κ2) is 14.4. The molecule has 0 fully saturated rings. The van der Waals surface area contributed by atoms with Gasteiger partial charge in [0.05, 0.1) is 0 Å². The molecule has 3 heteroatoms. The van der Waals surface area contributed by atoms with Gasteiger partial charge in [0.15, 0.2) is 0 Å². The van der Waals surface area contributed by atoms with Gasteiger partial charge in [-0.25, -0.2) is 0 Å². The van der Waals surface area contributed by atoms with Crippen LogP contribution in [-0.4, -0.2) is 38.9 Å². The van der Waals surface area contributed by atoms with Crippen molar-refractivity contribution >= 4 is 5.71 Å². The number of nitrogens with zero attached hydrogens (tertiary/aromatic N) is 1. The standard InChI is InChI=1S/C11H18N2.C11H15N.C2H6/c1-9(7-10(2)12-3)11-5-4-6-13-8-11;1-2-5-10(6-3-1)11-7-4-8-12-9-11;1-2/h5,7,13H,4,6,8H2,1-3H3;2,5-7,12H,1,3-4,8-9H2;1-2H3/b9-7+,12-10?;;. The molecule has 0 unspecified atom stereocenters. The molecule has 0 aromatic rings. The van der Waals surface area contributed by atoms with Gasteiger partial charge in [0.25, 0.3) is 0 Å². The minimum atomic E-state index is 0.999. The zero-order valence-electron chi connectivity index (χ0n) is 18.1. The van der Waals surface area contributed by atoms with Crippen molar-refractivity contribution in [2.75, 3.05) is 33.2 Å². The van der Waals surface area contributed by atoms with Crippen LogP contribution in [0.3, 0.4) is 0 Å². The van der Waals surface area contributed by atoms with E-state index in [2.05, 4.69) is 59.0 Å². The van der Waals surface area contributed by atoms with E-state index in [0.717, 1.165) is 38.3 Å². The third-order valence-corrected chi connectivity index (χ3v) is 4.70. The number of hydrogen-bond donors (Lipinski definition) is 2. The monoisotopic (exact) mass is 369 g/mol. The highest BCUT2D eigenvalue weighted by Gasteiger charge is 2.07. The first-order valence-electron chi connectivity index (χ1n) is 10.5. The first-order valence-corrected chi connectivity index (χ1v) is 10.5. The smallest absolute Gasteiger partial charge is 0.0316 e. The largest absolute Gasteiger partial charge is 0.312 e. The van der Waals surface area contributed by atoms with E-state index < -0.39 is 0 Å². The zero-order chi connectivity index (χ0) is 19.9. The molecule has 0 spiro atoms. The van der Waals surface area contributed by atoms with E-state index in [1.807, 2.05) is 27.8 Å². The highest BCUT2D eigenvalue weighted by atomic mass is 14.9. The maximum Gasteiger partial charge on any atom is 0.0316 e. The van der Waals surface area contributed by atoms with Gasteiger partial charge in [-0.15, -0.1) is 0 Å². The SMILES string of the molecule is C1=CC(C2=CCCNC2)=CCC1.CC.CN=C(C)/C=C(\C)C1=CCCNC1. The summed E-state index contributed by atoms with van der Waals surface area (Å²) in [6.07, 6.45) is 18.4. The summed E-state index contributed by atoms with van der Waals surface area (Å²) in [5.74, 6) is 0. The summed E-state index contributed by atoms with van der Waals surface area (Å²) in [4.78, 5) is 4.12. The fourth-order valence-corrected chi connectivity index (χ4v) is 3.13. The predicted molar refractivity (Wildman–Crippen MR) is 122 cm³/mol. The molecule has 0 atom stereocenters. The molecule has 2 aliphatic heterocycles. The Morgan fingerprint density at radius 3 is 2.15 bits per heavy atom. The highest BCUT2D eigenvalue weighted by Crippen LogP contribution is 2.19. The molecule has 0 bridgehead atoms. The Kier molecular flexibility index (Phi) is 12.4. The molecule has 0 aromatic carbocycles. The number of rotatable bonds is 3.